The SMILES string of the molecule is Cc1nc(N)c2cnsc2n1. The van der Waals surface area contributed by atoms with Gasteiger partial charge in [-0.15, -0.1) is 0 Å². The van der Waals surface area contributed by atoms with Crippen LogP contribution in [-0.2, 0) is 0 Å². The van der Waals surface area contributed by atoms with Gasteiger partial charge in [0.15, 0.2) is 0 Å². The first kappa shape index (κ1) is 6.48. The molecule has 2 N–H and O–H groups in total. The zero-order chi connectivity index (χ0) is 7.84. The Morgan fingerprint density at radius 3 is 3.09 bits per heavy atom. The van der Waals surface area contributed by atoms with E-state index in [2.05, 4.69) is 14.3 Å². The standard InChI is InChI=1S/C6H6N4S/c1-3-9-5(7)4-2-8-11-6(4)10-3/h2H,1H3,(H2,7,9,10). The lowest BCUT2D eigenvalue weighted by Gasteiger charge is -1.94. The maximum atomic E-state index is 5.62. The number of fused-ring (bicyclic) bond motifs is 1. The van der Waals surface area contributed by atoms with E-state index in [-0.39, 0.29) is 0 Å². The normalized spacial score (nSPS) is 10.6. The molecule has 2 aromatic rings. The molecule has 2 aromatic heterocycles. The number of aromatic nitrogens is 3. The fourth-order valence-corrected chi connectivity index (χ4v) is 1.58. The van der Waals surface area contributed by atoms with E-state index >= 15 is 0 Å². The van der Waals surface area contributed by atoms with Crippen LogP contribution in [-0.4, -0.2) is 14.3 Å². The Kier molecular flexibility index (Phi) is 1.25. The molecule has 0 saturated carbocycles. The monoisotopic (exact) mass is 166 g/mol. The molecule has 0 radical (unpaired) electrons. The smallest absolute Gasteiger partial charge is 0.149 e. The first-order valence-electron chi connectivity index (χ1n) is 3.12. The number of anilines is 1. The minimum Gasteiger partial charge on any atom is -0.383 e. The summed E-state index contributed by atoms with van der Waals surface area (Å²) >= 11 is 1.33. The van der Waals surface area contributed by atoms with Crippen molar-refractivity contribution in [2.24, 2.45) is 0 Å². The molecule has 0 saturated heterocycles. The Balaban J connectivity index is 2.91. The summed E-state index contributed by atoms with van der Waals surface area (Å²) in [6.45, 7) is 1.82. The fourth-order valence-electron chi connectivity index (χ4n) is 0.896. The topological polar surface area (TPSA) is 64.7 Å². The summed E-state index contributed by atoms with van der Waals surface area (Å²) in [6.07, 6.45) is 1.69. The van der Waals surface area contributed by atoms with Crippen LogP contribution >= 0.6 is 11.5 Å². The largest absolute Gasteiger partial charge is 0.383 e. The van der Waals surface area contributed by atoms with Crippen molar-refractivity contribution in [2.75, 3.05) is 5.73 Å². The fraction of sp³-hybridized carbons (Fsp3) is 0.167. The van der Waals surface area contributed by atoms with E-state index in [9.17, 15) is 0 Å². The molecule has 0 fully saturated rings. The molecule has 0 amide bonds. The van der Waals surface area contributed by atoms with E-state index in [0.29, 0.717) is 11.6 Å². The van der Waals surface area contributed by atoms with Crippen molar-refractivity contribution in [1.82, 2.24) is 14.3 Å². The number of rotatable bonds is 0. The number of nitrogen functional groups attached to an aromatic ring is 1. The first-order valence-corrected chi connectivity index (χ1v) is 3.89. The van der Waals surface area contributed by atoms with Gasteiger partial charge in [0.1, 0.15) is 16.5 Å². The maximum absolute atomic E-state index is 5.62. The molecule has 0 aromatic carbocycles. The Hall–Kier alpha value is -1.23. The van der Waals surface area contributed by atoms with Gasteiger partial charge in [0, 0.05) is 0 Å². The average molecular weight is 166 g/mol. The molecule has 0 atom stereocenters. The lowest BCUT2D eigenvalue weighted by atomic mass is 10.4. The highest BCUT2D eigenvalue weighted by atomic mass is 32.1. The van der Waals surface area contributed by atoms with E-state index in [4.69, 9.17) is 5.73 Å². The molecule has 0 bridgehead atoms. The molecule has 5 heteroatoms. The van der Waals surface area contributed by atoms with E-state index in [1.165, 1.54) is 11.5 Å². The predicted octanol–water partition coefficient (Wildman–Crippen LogP) is 0.977. The van der Waals surface area contributed by atoms with Gasteiger partial charge in [0.05, 0.1) is 11.6 Å². The summed E-state index contributed by atoms with van der Waals surface area (Å²) in [4.78, 5) is 9.03. The van der Waals surface area contributed by atoms with Crippen LogP contribution in [0.3, 0.4) is 0 Å². The molecule has 2 rings (SSSR count). The highest BCUT2D eigenvalue weighted by molar-refractivity contribution is 7.12. The van der Waals surface area contributed by atoms with Crippen LogP contribution in [0.1, 0.15) is 5.82 Å². The van der Waals surface area contributed by atoms with Gasteiger partial charge in [-0.1, -0.05) is 0 Å². The van der Waals surface area contributed by atoms with Crippen LogP contribution < -0.4 is 5.73 Å². The van der Waals surface area contributed by atoms with Crippen LogP contribution in [0.15, 0.2) is 6.20 Å². The molecule has 0 aliphatic rings. The van der Waals surface area contributed by atoms with Gasteiger partial charge in [-0.3, -0.25) is 0 Å². The van der Waals surface area contributed by atoms with Crippen LogP contribution in [0.4, 0.5) is 5.82 Å². The van der Waals surface area contributed by atoms with Gasteiger partial charge >= 0.3 is 0 Å². The zero-order valence-corrected chi connectivity index (χ0v) is 6.72. The molecule has 2 heterocycles. The molecule has 11 heavy (non-hydrogen) atoms. The molecule has 4 nitrogen and oxygen atoms in total. The van der Waals surface area contributed by atoms with E-state index in [1.54, 1.807) is 6.20 Å². The number of nitrogens with two attached hydrogens (primary N) is 1. The van der Waals surface area contributed by atoms with E-state index in [1.807, 2.05) is 6.92 Å². The van der Waals surface area contributed by atoms with Crippen molar-refractivity contribution in [1.29, 1.82) is 0 Å². The highest BCUT2D eigenvalue weighted by Crippen LogP contribution is 2.19. The van der Waals surface area contributed by atoms with Crippen molar-refractivity contribution in [3.63, 3.8) is 0 Å². The van der Waals surface area contributed by atoms with Crippen LogP contribution in [0.2, 0.25) is 0 Å². The first-order chi connectivity index (χ1) is 5.27. The van der Waals surface area contributed by atoms with Crippen molar-refractivity contribution in [3.05, 3.63) is 12.0 Å². The predicted molar refractivity (Wildman–Crippen MR) is 44.4 cm³/mol. The molecule has 0 aliphatic heterocycles. The summed E-state index contributed by atoms with van der Waals surface area (Å²) in [7, 11) is 0. The second-order valence-corrected chi connectivity index (χ2v) is 2.98. The molecule has 0 unspecified atom stereocenters. The van der Waals surface area contributed by atoms with Gasteiger partial charge in [-0.05, 0) is 18.5 Å². The summed E-state index contributed by atoms with van der Waals surface area (Å²) in [6, 6.07) is 0. The zero-order valence-electron chi connectivity index (χ0n) is 5.90. The third-order valence-electron chi connectivity index (χ3n) is 1.37. The van der Waals surface area contributed by atoms with Crippen LogP contribution in [0.25, 0.3) is 10.2 Å². The van der Waals surface area contributed by atoms with E-state index in [0.717, 1.165) is 10.2 Å². The molecule has 0 spiro atoms. The number of hydrogen-bond donors (Lipinski definition) is 1. The summed E-state index contributed by atoms with van der Waals surface area (Å²) in [5.41, 5.74) is 5.62. The van der Waals surface area contributed by atoms with Gasteiger partial charge in [-0.2, -0.15) is 4.37 Å². The summed E-state index contributed by atoms with van der Waals surface area (Å²) in [5.74, 6) is 1.21. The third-order valence-corrected chi connectivity index (χ3v) is 2.07. The third kappa shape index (κ3) is 0.932. The second-order valence-electron chi connectivity index (χ2n) is 2.20. The Morgan fingerprint density at radius 2 is 2.27 bits per heavy atom. The Bertz CT molecular complexity index is 394. The van der Waals surface area contributed by atoms with Crippen molar-refractivity contribution >= 4 is 27.6 Å². The highest BCUT2D eigenvalue weighted by Gasteiger charge is 2.03. The maximum Gasteiger partial charge on any atom is 0.149 e. The minimum absolute atomic E-state index is 0.515. The number of aryl methyl sites for hydroxylation is 1. The number of nitrogens with zero attached hydrogens (tertiary/aromatic N) is 3. The molecular weight excluding hydrogens is 160 g/mol. The molecule has 56 valence electrons. The average Bonchev–Trinajstić information content (AvgIpc) is 2.34. The lowest BCUT2D eigenvalue weighted by molar-refractivity contribution is 1.11. The minimum atomic E-state index is 0.515. The quantitative estimate of drug-likeness (QED) is 0.633. The van der Waals surface area contributed by atoms with Crippen molar-refractivity contribution in [3.8, 4) is 0 Å². The van der Waals surface area contributed by atoms with Crippen LogP contribution in [0, 0.1) is 6.92 Å². The lowest BCUT2D eigenvalue weighted by Crippen LogP contribution is -1.94. The molecular formula is C6H6N4S. The van der Waals surface area contributed by atoms with Gasteiger partial charge in [0.25, 0.3) is 0 Å². The summed E-state index contributed by atoms with van der Waals surface area (Å²) in [5, 5.41) is 0.848. The second kappa shape index (κ2) is 2.13. The summed E-state index contributed by atoms with van der Waals surface area (Å²) < 4.78 is 3.96. The van der Waals surface area contributed by atoms with Crippen molar-refractivity contribution < 1.29 is 0 Å². The number of hydrogen-bond acceptors (Lipinski definition) is 5. The van der Waals surface area contributed by atoms with Crippen LogP contribution in [0.5, 0.6) is 0 Å². The van der Waals surface area contributed by atoms with Crippen molar-refractivity contribution in [2.45, 2.75) is 6.92 Å². The Morgan fingerprint density at radius 1 is 1.45 bits per heavy atom. The molecule has 0 aliphatic carbocycles. The Labute approximate surface area is 67.3 Å². The van der Waals surface area contributed by atoms with Gasteiger partial charge in [-0.25, -0.2) is 9.97 Å². The van der Waals surface area contributed by atoms with Gasteiger partial charge in [0.2, 0.25) is 0 Å². The van der Waals surface area contributed by atoms with Gasteiger partial charge < -0.3 is 5.73 Å². The van der Waals surface area contributed by atoms with E-state index < -0.39 is 0 Å².